The number of hydrogen-bond donors (Lipinski definition) is 5. The number of para-hydroxylation sites is 1. The number of carboxylic acids is 1. The van der Waals surface area contributed by atoms with E-state index in [9.17, 15) is 19.5 Å². The van der Waals surface area contributed by atoms with Crippen LogP contribution in [-0.4, -0.2) is 45.6 Å². The van der Waals surface area contributed by atoms with Gasteiger partial charge in [-0.1, -0.05) is 65.7 Å². The Labute approximate surface area is 239 Å². The van der Waals surface area contributed by atoms with Crippen LogP contribution in [0.3, 0.4) is 0 Å². The van der Waals surface area contributed by atoms with Gasteiger partial charge in [0.15, 0.2) is 0 Å². The number of carbonyl (C=O) groups excluding carboxylic acids is 2. The lowest BCUT2D eigenvalue weighted by molar-refractivity contribution is -0.139. The van der Waals surface area contributed by atoms with Gasteiger partial charge in [0.05, 0.1) is 39.4 Å². The van der Waals surface area contributed by atoms with Crippen LogP contribution in [-0.2, 0) is 11.2 Å². The molecule has 4 aromatic rings. The summed E-state index contributed by atoms with van der Waals surface area (Å²) < 4.78 is 0. The molecule has 2 atom stereocenters. The number of nitrogens with one attached hydrogen (secondary N) is 4. The molecule has 1 aliphatic carbocycles. The van der Waals surface area contributed by atoms with E-state index in [1.165, 1.54) is 11.6 Å². The first-order chi connectivity index (χ1) is 19.3. The van der Waals surface area contributed by atoms with E-state index in [1.54, 1.807) is 12.3 Å². The van der Waals surface area contributed by atoms with E-state index in [4.69, 9.17) is 23.2 Å². The second-order valence-electron chi connectivity index (χ2n) is 9.17. The van der Waals surface area contributed by atoms with Gasteiger partial charge in [0.1, 0.15) is 6.04 Å². The molecule has 1 heterocycles. The number of hydrogen-bond acceptors (Lipinski definition) is 6. The maximum Gasteiger partial charge on any atom is 0.328 e. The molecule has 0 bridgehead atoms. The number of halogens is 2. The lowest BCUT2D eigenvalue weighted by Crippen LogP contribution is -2.50. The first kappa shape index (κ1) is 27.2. The van der Waals surface area contributed by atoms with Crippen molar-refractivity contribution in [1.29, 1.82) is 0 Å². The Morgan fingerprint density at radius 1 is 1.02 bits per heavy atom. The lowest BCUT2D eigenvalue weighted by Gasteiger charge is -2.19. The molecule has 204 valence electrons. The highest BCUT2D eigenvalue weighted by atomic mass is 35.5. The molecule has 0 saturated heterocycles. The molecule has 1 aromatic heterocycles. The number of aromatic nitrogens is 2. The summed E-state index contributed by atoms with van der Waals surface area (Å²) in [5.41, 5.74) is 3.08. The molecule has 1 unspecified atom stereocenters. The van der Waals surface area contributed by atoms with Crippen molar-refractivity contribution in [2.75, 3.05) is 11.9 Å². The number of anilines is 2. The molecule has 0 fully saturated rings. The number of fused-ring (bicyclic) bond motifs is 2. The summed E-state index contributed by atoms with van der Waals surface area (Å²) in [6.07, 6.45) is 3.24. The molecule has 3 aromatic carbocycles. The number of aliphatic carboxylic acids is 1. The second kappa shape index (κ2) is 11.8. The first-order valence-electron chi connectivity index (χ1n) is 12.4. The van der Waals surface area contributed by atoms with E-state index in [1.807, 2.05) is 48.5 Å². The Morgan fingerprint density at radius 2 is 1.80 bits per heavy atom. The van der Waals surface area contributed by atoms with Crippen LogP contribution in [0.2, 0.25) is 10.0 Å². The number of urea groups is 1. The van der Waals surface area contributed by atoms with E-state index < -0.39 is 23.9 Å². The lowest BCUT2D eigenvalue weighted by atomic mass is 10.1. The van der Waals surface area contributed by atoms with Gasteiger partial charge in [0, 0.05) is 11.6 Å². The van der Waals surface area contributed by atoms with Crippen molar-refractivity contribution in [3.63, 3.8) is 0 Å². The minimum Gasteiger partial charge on any atom is -0.480 e. The summed E-state index contributed by atoms with van der Waals surface area (Å²) in [6.45, 7) is -0.362. The Balaban J connectivity index is 1.25. The topological polar surface area (TPSA) is 145 Å². The van der Waals surface area contributed by atoms with E-state index in [-0.39, 0.29) is 34.1 Å². The number of aryl methyl sites for hydroxylation is 1. The number of amides is 3. The summed E-state index contributed by atoms with van der Waals surface area (Å²) in [5, 5.41) is 21.3. The van der Waals surface area contributed by atoms with Gasteiger partial charge < -0.3 is 26.4 Å². The van der Waals surface area contributed by atoms with Gasteiger partial charge in [-0.3, -0.25) is 4.79 Å². The van der Waals surface area contributed by atoms with Crippen molar-refractivity contribution in [3.8, 4) is 0 Å². The molecule has 5 rings (SSSR count). The van der Waals surface area contributed by atoms with Gasteiger partial charge >= 0.3 is 12.0 Å². The molecule has 1 aliphatic rings. The third-order valence-electron chi connectivity index (χ3n) is 6.56. The highest BCUT2D eigenvalue weighted by molar-refractivity contribution is 6.41. The zero-order valence-electron chi connectivity index (χ0n) is 20.9. The van der Waals surface area contributed by atoms with Crippen LogP contribution in [0.1, 0.15) is 33.9 Å². The van der Waals surface area contributed by atoms with Crippen molar-refractivity contribution in [3.05, 3.63) is 93.6 Å². The summed E-state index contributed by atoms with van der Waals surface area (Å²) in [6, 6.07) is 16.1. The Bertz CT molecular complexity index is 1620. The van der Waals surface area contributed by atoms with Crippen LogP contribution in [0.4, 0.5) is 16.4 Å². The Kier molecular flexibility index (Phi) is 7.99. The zero-order chi connectivity index (χ0) is 28.2. The number of benzene rings is 3. The van der Waals surface area contributed by atoms with E-state index >= 15 is 0 Å². The molecular formula is C28H24Cl2N6O4. The van der Waals surface area contributed by atoms with Crippen LogP contribution in [0.5, 0.6) is 0 Å². The number of carboxylic acid groups (broad SMARTS) is 1. The average Bonchev–Trinajstić information content (AvgIpc) is 3.35. The van der Waals surface area contributed by atoms with Crippen molar-refractivity contribution in [2.24, 2.45) is 0 Å². The highest BCUT2D eigenvalue weighted by Gasteiger charge is 2.27. The highest BCUT2D eigenvalue weighted by Crippen LogP contribution is 2.33. The molecule has 0 radical (unpaired) electrons. The molecule has 0 saturated carbocycles. The molecule has 3 amide bonds. The second-order valence-corrected chi connectivity index (χ2v) is 9.96. The standard InChI is InChI=1S/C28H24Cl2N6O4/c29-18-10-12-21(35-27-31-13-16-6-2-4-8-19(16)34-27)24(30)23(18)25(37)33-22(26(38)39)14-32-28(40)36-20-11-9-15-5-1-3-7-17(15)20/h1-8,10,12-13,20,22H,9,11,14H2,(H,33,37)(H,38,39)(H,31,34,35)(H2,32,36,40)/t20-,22?/m1/s1. The molecular weight excluding hydrogens is 555 g/mol. The first-order valence-corrected chi connectivity index (χ1v) is 13.2. The normalized spacial score (nSPS) is 14.7. The predicted molar refractivity (Wildman–Crippen MR) is 152 cm³/mol. The van der Waals surface area contributed by atoms with Crippen LogP contribution < -0.4 is 21.3 Å². The van der Waals surface area contributed by atoms with Gasteiger partial charge in [-0.15, -0.1) is 0 Å². The number of carbonyl (C=O) groups is 3. The number of nitrogens with zero attached hydrogens (tertiary/aromatic N) is 2. The average molecular weight is 579 g/mol. The minimum absolute atomic E-state index is 0.0159. The molecule has 10 nitrogen and oxygen atoms in total. The molecule has 12 heteroatoms. The largest absolute Gasteiger partial charge is 0.480 e. The smallest absolute Gasteiger partial charge is 0.328 e. The Hall–Kier alpha value is -4.41. The quantitative estimate of drug-likeness (QED) is 0.201. The summed E-state index contributed by atoms with van der Waals surface area (Å²) in [5.74, 6) is -1.92. The minimum atomic E-state index is -1.44. The van der Waals surface area contributed by atoms with E-state index in [0.717, 1.165) is 23.8 Å². The fraction of sp³-hybridized carbons (Fsp3) is 0.179. The van der Waals surface area contributed by atoms with Crippen LogP contribution in [0.25, 0.3) is 10.9 Å². The summed E-state index contributed by atoms with van der Waals surface area (Å²) in [7, 11) is 0. The monoisotopic (exact) mass is 578 g/mol. The van der Waals surface area contributed by atoms with Gasteiger partial charge in [0.25, 0.3) is 5.91 Å². The SMILES string of the molecule is O=C(NCC(NC(=O)c1c(Cl)ccc(Nc2ncc3ccccc3n2)c1Cl)C(=O)O)N[C@@H]1CCc2ccccc21. The summed E-state index contributed by atoms with van der Waals surface area (Å²) >= 11 is 12.8. The van der Waals surface area contributed by atoms with E-state index in [0.29, 0.717) is 11.2 Å². The van der Waals surface area contributed by atoms with Crippen molar-refractivity contribution in [1.82, 2.24) is 25.9 Å². The third kappa shape index (κ3) is 5.93. The fourth-order valence-corrected chi connectivity index (χ4v) is 5.14. The van der Waals surface area contributed by atoms with Gasteiger partial charge in [0.2, 0.25) is 5.95 Å². The van der Waals surface area contributed by atoms with Gasteiger partial charge in [-0.25, -0.2) is 19.6 Å². The molecule has 5 N–H and O–H groups in total. The van der Waals surface area contributed by atoms with Gasteiger partial charge in [-0.05, 0) is 42.2 Å². The van der Waals surface area contributed by atoms with Crippen molar-refractivity contribution < 1.29 is 19.5 Å². The van der Waals surface area contributed by atoms with Crippen molar-refractivity contribution >= 4 is 63.6 Å². The number of rotatable bonds is 8. The van der Waals surface area contributed by atoms with Gasteiger partial charge in [-0.2, -0.15) is 0 Å². The zero-order valence-corrected chi connectivity index (χ0v) is 22.5. The fourth-order valence-electron chi connectivity index (χ4n) is 4.55. The summed E-state index contributed by atoms with van der Waals surface area (Å²) in [4.78, 5) is 46.2. The third-order valence-corrected chi connectivity index (χ3v) is 7.27. The maximum atomic E-state index is 13.1. The molecule has 0 spiro atoms. The maximum absolute atomic E-state index is 13.1. The van der Waals surface area contributed by atoms with Crippen LogP contribution in [0, 0.1) is 0 Å². The van der Waals surface area contributed by atoms with Crippen LogP contribution >= 0.6 is 23.2 Å². The van der Waals surface area contributed by atoms with Crippen LogP contribution in [0.15, 0.2) is 66.9 Å². The predicted octanol–water partition coefficient (Wildman–Crippen LogP) is 4.85. The Morgan fingerprint density at radius 3 is 2.62 bits per heavy atom. The van der Waals surface area contributed by atoms with E-state index in [2.05, 4.69) is 31.2 Å². The molecule has 40 heavy (non-hydrogen) atoms. The molecule has 0 aliphatic heterocycles. The van der Waals surface area contributed by atoms with Crippen molar-refractivity contribution in [2.45, 2.75) is 24.9 Å².